The smallest absolute Gasteiger partial charge is 0.0360 e. The Morgan fingerprint density at radius 2 is 2.22 bits per heavy atom. The predicted octanol–water partition coefficient (Wildman–Crippen LogP) is 3.35. The summed E-state index contributed by atoms with van der Waals surface area (Å²) in [6.45, 7) is 0. The lowest BCUT2D eigenvalue weighted by atomic mass is 10.4. The number of halogens is 2. The fourth-order valence-corrected chi connectivity index (χ4v) is 1.04. The Balaban J connectivity index is 2.85. The van der Waals surface area contributed by atoms with Gasteiger partial charge in [-0.05, 0) is 22.0 Å². The van der Waals surface area contributed by atoms with E-state index in [0.29, 0.717) is 0 Å². The summed E-state index contributed by atoms with van der Waals surface area (Å²) < 4.78 is 0.981. The van der Waals surface area contributed by atoms with Gasteiger partial charge in [0.1, 0.15) is 0 Å². The fraction of sp³-hybridized carbons (Fsp3) is 0.143. The molecule has 0 nitrogen and oxygen atoms in total. The molecule has 0 aromatic heterocycles. The zero-order chi connectivity index (χ0) is 6.69. The van der Waals surface area contributed by atoms with Gasteiger partial charge < -0.3 is 0 Å². The molecule has 0 bridgehead atoms. The van der Waals surface area contributed by atoms with Crippen molar-refractivity contribution >= 4 is 27.5 Å². The summed E-state index contributed by atoms with van der Waals surface area (Å²) in [6, 6.07) is 0. The van der Waals surface area contributed by atoms with Gasteiger partial charge in [-0.15, -0.1) is 0 Å². The van der Waals surface area contributed by atoms with Crippen LogP contribution in [0.5, 0.6) is 0 Å². The monoisotopic (exact) mass is 204 g/mol. The molecule has 9 heavy (non-hydrogen) atoms. The highest BCUT2D eigenvalue weighted by molar-refractivity contribution is 9.12. The molecule has 0 fully saturated rings. The van der Waals surface area contributed by atoms with Crippen LogP contribution < -0.4 is 0 Å². The lowest BCUT2D eigenvalue weighted by Crippen LogP contribution is -1.68. The van der Waals surface area contributed by atoms with E-state index in [1.54, 1.807) is 0 Å². The van der Waals surface area contributed by atoms with Crippen LogP contribution in [0, 0.1) is 0 Å². The Kier molecular flexibility index (Phi) is 2.55. The molecule has 1 aliphatic carbocycles. The van der Waals surface area contributed by atoms with E-state index in [0.717, 1.165) is 15.9 Å². The van der Waals surface area contributed by atoms with Crippen LogP contribution in [0.1, 0.15) is 6.42 Å². The van der Waals surface area contributed by atoms with Gasteiger partial charge >= 0.3 is 0 Å². The summed E-state index contributed by atoms with van der Waals surface area (Å²) >= 11 is 9.13. The van der Waals surface area contributed by atoms with Gasteiger partial charge in [0.15, 0.2) is 0 Å². The lowest BCUT2D eigenvalue weighted by Gasteiger charge is -1.90. The van der Waals surface area contributed by atoms with Crippen molar-refractivity contribution in [1.29, 1.82) is 0 Å². The summed E-state index contributed by atoms with van der Waals surface area (Å²) in [5.74, 6) is 0. The highest BCUT2D eigenvalue weighted by Gasteiger charge is 1.96. The molecule has 0 unspecified atom stereocenters. The highest BCUT2D eigenvalue weighted by atomic mass is 79.9. The molecule has 1 aliphatic rings. The first-order valence-electron chi connectivity index (χ1n) is 2.68. The quantitative estimate of drug-likeness (QED) is 0.569. The van der Waals surface area contributed by atoms with Gasteiger partial charge in [-0.3, -0.25) is 0 Å². The number of allylic oxidation sites excluding steroid dienone is 6. The molecule has 0 amide bonds. The first kappa shape index (κ1) is 7.10. The number of hydrogen-bond donors (Lipinski definition) is 0. The van der Waals surface area contributed by atoms with Crippen LogP contribution in [-0.2, 0) is 0 Å². The van der Waals surface area contributed by atoms with Crippen LogP contribution in [0.4, 0.5) is 0 Å². The molecule has 1 rings (SSSR count). The Hall–Kier alpha value is -0.0100. The molecule has 0 radical (unpaired) electrons. The lowest BCUT2D eigenvalue weighted by molar-refractivity contribution is 1.36. The normalized spacial score (nSPS) is 18.4. The molecule has 0 aliphatic heterocycles. The van der Waals surface area contributed by atoms with Crippen LogP contribution in [0.3, 0.4) is 0 Å². The van der Waals surface area contributed by atoms with Crippen molar-refractivity contribution in [2.45, 2.75) is 6.42 Å². The second-order valence-electron chi connectivity index (χ2n) is 1.74. The van der Waals surface area contributed by atoms with Crippen LogP contribution in [-0.4, -0.2) is 0 Å². The van der Waals surface area contributed by atoms with Crippen LogP contribution >= 0.6 is 27.5 Å². The third-order valence-corrected chi connectivity index (χ3v) is 2.38. The third-order valence-electron chi connectivity index (χ3n) is 1.05. The van der Waals surface area contributed by atoms with Crippen LogP contribution in [0.2, 0.25) is 0 Å². The second kappa shape index (κ2) is 3.23. The first-order chi connectivity index (χ1) is 4.30. The van der Waals surface area contributed by atoms with E-state index < -0.39 is 0 Å². The summed E-state index contributed by atoms with van der Waals surface area (Å²) in [5.41, 5.74) is 0. The number of rotatable bonds is 0. The summed E-state index contributed by atoms with van der Waals surface area (Å²) in [4.78, 5) is 0. The minimum absolute atomic E-state index is 0.829. The predicted molar refractivity (Wildman–Crippen MR) is 44.7 cm³/mol. The van der Waals surface area contributed by atoms with Crippen molar-refractivity contribution in [2.24, 2.45) is 0 Å². The van der Waals surface area contributed by atoms with Crippen molar-refractivity contribution in [2.75, 3.05) is 0 Å². The molecule has 0 atom stereocenters. The van der Waals surface area contributed by atoms with E-state index in [1.807, 2.05) is 24.3 Å². The maximum Gasteiger partial charge on any atom is 0.0360 e. The molecule has 0 saturated heterocycles. The summed E-state index contributed by atoms with van der Waals surface area (Å²) in [7, 11) is 0. The van der Waals surface area contributed by atoms with Gasteiger partial charge in [0.2, 0.25) is 0 Å². The zero-order valence-corrected chi connectivity index (χ0v) is 7.11. The highest BCUT2D eigenvalue weighted by Crippen LogP contribution is 2.22. The van der Waals surface area contributed by atoms with Crippen molar-refractivity contribution in [1.82, 2.24) is 0 Å². The largest absolute Gasteiger partial charge is 0.0876 e. The maximum atomic E-state index is 5.80. The molecule has 0 N–H and O–H groups in total. The van der Waals surface area contributed by atoms with E-state index in [2.05, 4.69) is 15.9 Å². The maximum absolute atomic E-state index is 5.80. The van der Waals surface area contributed by atoms with Crippen LogP contribution in [0.25, 0.3) is 0 Å². The molecular weight excluding hydrogens is 199 g/mol. The van der Waals surface area contributed by atoms with Gasteiger partial charge in [0.25, 0.3) is 0 Å². The van der Waals surface area contributed by atoms with E-state index in [4.69, 9.17) is 11.6 Å². The van der Waals surface area contributed by atoms with Crippen molar-refractivity contribution in [3.63, 3.8) is 0 Å². The summed E-state index contributed by atoms with van der Waals surface area (Å²) in [6.07, 6.45) is 8.73. The fourth-order valence-electron chi connectivity index (χ4n) is 0.578. The third kappa shape index (κ3) is 1.99. The van der Waals surface area contributed by atoms with Gasteiger partial charge in [0.05, 0.1) is 0 Å². The molecule has 0 aromatic rings. The van der Waals surface area contributed by atoms with Crippen LogP contribution in [0.15, 0.2) is 33.8 Å². The molecule has 0 aromatic carbocycles. The second-order valence-corrected chi connectivity index (χ2v) is 3.05. The van der Waals surface area contributed by atoms with Crippen molar-refractivity contribution in [3.8, 4) is 0 Å². The zero-order valence-electron chi connectivity index (χ0n) is 4.77. The SMILES string of the molecule is ClC1=C(Br)C=CC=CC1. The molecule has 0 heterocycles. The Bertz CT molecular complexity index is 189. The molecule has 0 spiro atoms. The van der Waals surface area contributed by atoms with E-state index in [9.17, 15) is 0 Å². The Morgan fingerprint density at radius 1 is 1.44 bits per heavy atom. The average Bonchev–Trinajstić information content (AvgIpc) is 1.99. The molecule has 48 valence electrons. The average molecular weight is 205 g/mol. The van der Waals surface area contributed by atoms with E-state index in [-0.39, 0.29) is 0 Å². The molecular formula is C7H6BrCl. The standard InChI is InChI=1S/C7H6BrCl/c8-6-4-2-1-3-5-7(6)9/h1-4H,5H2. The number of hydrogen-bond acceptors (Lipinski definition) is 0. The van der Waals surface area contributed by atoms with Gasteiger partial charge in [-0.25, -0.2) is 0 Å². The van der Waals surface area contributed by atoms with E-state index >= 15 is 0 Å². The minimum atomic E-state index is 0.829. The van der Waals surface area contributed by atoms with Gasteiger partial charge in [-0.2, -0.15) is 0 Å². The Labute approximate surface area is 68.0 Å². The van der Waals surface area contributed by atoms with Crippen molar-refractivity contribution in [3.05, 3.63) is 33.8 Å². The van der Waals surface area contributed by atoms with Gasteiger partial charge in [-0.1, -0.05) is 29.8 Å². The van der Waals surface area contributed by atoms with Crippen molar-refractivity contribution < 1.29 is 0 Å². The molecule has 2 heteroatoms. The first-order valence-corrected chi connectivity index (χ1v) is 3.85. The minimum Gasteiger partial charge on any atom is -0.0876 e. The van der Waals surface area contributed by atoms with Gasteiger partial charge in [0, 0.05) is 15.9 Å². The topological polar surface area (TPSA) is 0 Å². The Morgan fingerprint density at radius 3 is 3.00 bits per heavy atom. The summed E-state index contributed by atoms with van der Waals surface area (Å²) in [5, 5.41) is 0.861. The molecule has 0 saturated carbocycles. The van der Waals surface area contributed by atoms with E-state index in [1.165, 1.54) is 0 Å².